The molecule has 0 saturated carbocycles. The van der Waals surface area contributed by atoms with Crippen LogP contribution in [-0.2, 0) is 6.54 Å². The molecule has 0 spiro atoms. The molecule has 0 unspecified atom stereocenters. The van der Waals surface area contributed by atoms with Crippen LogP contribution < -0.4 is 14.2 Å². The molecule has 124 valence electrons. The molecule has 6 heteroatoms. The molecule has 0 aliphatic heterocycles. The van der Waals surface area contributed by atoms with E-state index < -0.39 is 0 Å². The van der Waals surface area contributed by atoms with Crippen molar-refractivity contribution in [1.29, 1.82) is 0 Å². The summed E-state index contributed by atoms with van der Waals surface area (Å²) < 4.78 is 16.1. The summed E-state index contributed by atoms with van der Waals surface area (Å²) in [5, 5.41) is 1.92. The number of amides is 1. The number of nitrogens with zero attached hydrogens (tertiary/aromatic N) is 1. The van der Waals surface area contributed by atoms with Crippen LogP contribution in [0.2, 0.25) is 0 Å². The van der Waals surface area contributed by atoms with Gasteiger partial charge in [-0.3, -0.25) is 4.79 Å². The maximum absolute atomic E-state index is 12.5. The highest BCUT2D eigenvalue weighted by Gasteiger charge is 2.20. The molecule has 5 nitrogen and oxygen atoms in total. The van der Waals surface area contributed by atoms with Gasteiger partial charge in [0.25, 0.3) is 5.91 Å². The highest BCUT2D eigenvalue weighted by Crippen LogP contribution is 2.40. The number of aryl methyl sites for hydroxylation is 1. The molecule has 0 saturated heterocycles. The highest BCUT2D eigenvalue weighted by molar-refractivity contribution is 7.12. The van der Waals surface area contributed by atoms with Crippen molar-refractivity contribution < 1.29 is 19.0 Å². The third-order valence-corrected chi connectivity index (χ3v) is 4.60. The number of hydrogen-bond donors (Lipinski definition) is 0. The Kier molecular flexibility index (Phi) is 5.50. The van der Waals surface area contributed by atoms with E-state index in [-0.39, 0.29) is 5.91 Å². The monoisotopic (exact) mass is 335 g/mol. The topological polar surface area (TPSA) is 48.0 Å². The van der Waals surface area contributed by atoms with E-state index in [4.69, 9.17) is 14.2 Å². The van der Waals surface area contributed by atoms with E-state index in [0.29, 0.717) is 23.8 Å². The van der Waals surface area contributed by atoms with Crippen molar-refractivity contribution in [1.82, 2.24) is 4.90 Å². The Balaban J connectivity index is 2.29. The van der Waals surface area contributed by atoms with Gasteiger partial charge in [0.2, 0.25) is 5.75 Å². The Bertz CT molecular complexity index is 696. The van der Waals surface area contributed by atoms with Crippen molar-refractivity contribution in [3.63, 3.8) is 0 Å². The maximum Gasteiger partial charge on any atom is 0.264 e. The van der Waals surface area contributed by atoms with Gasteiger partial charge in [-0.2, -0.15) is 0 Å². The van der Waals surface area contributed by atoms with E-state index >= 15 is 0 Å². The van der Waals surface area contributed by atoms with E-state index in [1.807, 2.05) is 30.5 Å². The number of methoxy groups -OCH3 is 3. The van der Waals surface area contributed by atoms with E-state index in [1.54, 1.807) is 33.3 Å². The Morgan fingerprint density at radius 1 is 1.09 bits per heavy atom. The molecule has 0 radical (unpaired) electrons. The van der Waals surface area contributed by atoms with Crippen LogP contribution in [0, 0.1) is 6.92 Å². The third kappa shape index (κ3) is 3.42. The SMILES string of the molecule is COc1ccc(CN(C)C(=O)c2sccc2C)c(OC)c1OC. The quantitative estimate of drug-likeness (QED) is 0.812. The van der Waals surface area contributed by atoms with Crippen LogP contribution in [0.25, 0.3) is 0 Å². The second-order valence-corrected chi connectivity index (χ2v) is 6.00. The Morgan fingerprint density at radius 3 is 2.30 bits per heavy atom. The average Bonchev–Trinajstić information content (AvgIpc) is 2.99. The first-order chi connectivity index (χ1) is 11.0. The molecule has 0 bridgehead atoms. The molecule has 1 heterocycles. The normalized spacial score (nSPS) is 10.3. The fourth-order valence-corrected chi connectivity index (χ4v) is 3.30. The second kappa shape index (κ2) is 7.37. The number of carbonyl (C=O) groups is 1. The van der Waals surface area contributed by atoms with E-state index in [9.17, 15) is 4.79 Å². The van der Waals surface area contributed by atoms with E-state index in [0.717, 1.165) is 16.0 Å². The lowest BCUT2D eigenvalue weighted by Gasteiger charge is -2.21. The molecule has 2 rings (SSSR count). The van der Waals surface area contributed by atoms with Crippen molar-refractivity contribution >= 4 is 17.2 Å². The zero-order valence-electron chi connectivity index (χ0n) is 14.0. The minimum atomic E-state index is -0.00524. The Morgan fingerprint density at radius 2 is 1.78 bits per heavy atom. The third-order valence-electron chi connectivity index (χ3n) is 3.60. The fourth-order valence-electron chi connectivity index (χ4n) is 2.38. The Labute approximate surface area is 140 Å². The van der Waals surface area contributed by atoms with Crippen molar-refractivity contribution in [3.05, 3.63) is 39.6 Å². The first kappa shape index (κ1) is 17.1. The first-order valence-corrected chi connectivity index (χ1v) is 7.98. The molecule has 0 atom stereocenters. The van der Waals surface area contributed by atoms with Gasteiger partial charge in [-0.1, -0.05) is 0 Å². The van der Waals surface area contributed by atoms with Gasteiger partial charge in [0.05, 0.1) is 26.2 Å². The summed E-state index contributed by atoms with van der Waals surface area (Å²) in [4.78, 5) is 15.0. The van der Waals surface area contributed by atoms with Gasteiger partial charge in [0, 0.05) is 19.2 Å². The summed E-state index contributed by atoms with van der Waals surface area (Å²) >= 11 is 1.45. The minimum absolute atomic E-state index is 0.00524. The number of carbonyl (C=O) groups excluding carboxylic acids is 1. The summed E-state index contributed by atoms with van der Waals surface area (Å²) in [6, 6.07) is 5.64. The van der Waals surface area contributed by atoms with Gasteiger partial charge < -0.3 is 19.1 Å². The van der Waals surface area contributed by atoms with E-state index in [1.165, 1.54) is 11.3 Å². The van der Waals surface area contributed by atoms with Gasteiger partial charge in [-0.25, -0.2) is 0 Å². The number of thiophene rings is 1. The van der Waals surface area contributed by atoms with Crippen LogP contribution in [-0.4, -0.2) is 39.2 Å². The first-order valence-electron chi connectivity index (χ1n) is 7.10. The lowest BCUT2D eigenvalue weighted by atomic mass is 10.1. The lowest BCUT2D eigenvalue weighted by Crippen LogP contribution is -2.26. The van der Waals surface area contributed by atoms with Gasteiger partial charge in [0.15, 0.2) is 11.5 Å². The van der Waals surface area contributed by atoms with Crippen LogP contribution in [0.4, 0.5) is 0 Å². The zero-order valence-corrected chi connectivity index (χ0v) is 14.8. The molecule has 1 aromatic heterocycles. The highest BCUT2D eigenvalue weighted by atomic mass is 32.1. The average molecular weight is 335 g/mol. The van der Waals surface area contributed by atoms with Gasteiger partial charge in [0.1, 0.15) is 0 Å². The molecule has 1 amide bonds. The summed E-state index contributed by atoms with van der Waals surface area (Å²) in [5.74, 6) is 1.69. The molecule has 0 aliphatic carbocycles. The summed E-state index contributed by atoms with van der Waals surface area (Å²) in [6.07, 6.45) is 0. The molecule has 2 aromatic rings. The lowest BCUT2D eigenvalue weighted by molar-refractivity contribution is 0.0788. The standard InChI is InChI=1S/C17H21NO4S/c1-11-8-9-23-16(11)17(19)18(2)10-12-6-7-13(20-3)15(22-5)14(12)21-4/h6-9H,10H2,1-5H3. The molecular weight excluding hydrogens is 314 g/mol. The van der Waals surface area contributed by atoms with Crippen molar-refractivity contribution in [3.8, 4) is 17.2 Å². The number of rotatable bonds is 6. The number of benzene rings is 1. The van der Waals surface area contributed by atoms with Crippen LogP contribution in [0.1, 0.15) is 20.8 Å². The van der Waals surface area contributed by atoms with Gasteiger partial charge in [-0.15, -0.1) is 11.3 Å². The zero-order chi connectivity index (χ0) is 17.0. The van der Waals surface area contributed by atoms with Crippen molar-refractivity contribution in [2.24, 2.45) is 0 Å². The second-order valence-electron chi connectivity index (χ2n) is 5.09. The molecular formula is C17H21NO4S. The van der Waals surface area contributed by atoms with Gasteiger partial charge >= 0.3 is 0 Å². The van der Waals surface area contributed by atoms with Crippen LogP contribution >= 0.6 is 11.3 Å². The maximum atomic E-state index is 12.5. The molecule has 1 aromatic carbocycles. The van der Waals surface area contributed by atoms with Crippen molar-refractivity contribution in [2.75, 3.05) is 28.4 Å². The van der Waals surface area contributed by atoms with Crippen molar-refractivity contribution in [2.45, 2.75) is 13.5 Å². The van der Waals surface area contributed by atoms with Crippen LogP contribution in [0.15, 0.2) is 23.6 Å². The predicted molar refractivity (Wildman–Crippen MR) is 91.0 cm³/mol. The molecule has 0 aliphatic rings. The summed E-state index contributed by atoms with van der Waals surface area (Å²) in [6.45, 7) is 2.36. The summed E-state index contributed by atoms with van der Waals surface area (Å²) in [7, 11) is 6.49. The predicted octanol–water partition coefficient (Wildman–Crippen LogP) is 3.35. The number of ether oxygens (including phenoxy) is 3. The largest absolute Gasteiger partial charge is 0.493 e. The van der Waals surface area contributed by atoms with Crippen LogP contribution in [0.5, 0.6) is 17.2 Å². The Hall–Kier alpha value is -2.21. The van der Waals surface area contributed by atoms with Crippen LogP contribution in [0.3, 0.4) is 0 Å². The summed E-state index contributed by atoms with van der Waals surface area (Å²) in [5.41, 5.74) is 1.85. The molecule has 0 N–H and O–H groups in total. The van der Waals surface area contributed by atoms with E-state index in [2.05, 4.69) is 0 Å². The van der Waals surface area contributed by atoms with Gasteiger partial charge in [-0.05, 0) is 36.1 Å². The minimum Gasteiger partial charge on any atom is -0.493 e. The molecule has 0 fully saturated rings. The molecule has 23 heavy (non-hydrogen) atoms. The fraction of sp³-hybridized carbons (Fsp3) is 0.353. The number of hydrogen-bond acceptors (Lipinski definition) is 5. The smallest absolute Gasteiger partial charge is 0.264 e.